The second kappa shape index (κ2) is 5.29. The molecule has 0 atom stereocenters. The predicted molar refractivity (Wildman–Crippen MR) is 79.9 cm³/mol. The summed E-state index contributed by atoms with van der Waals surface area (Å²) in [6.45, 7) is 0.632. The quantitative estimate of drug-likeness (QED) is 0.890. The van der Waals surface area contributed by atoms with E-state index in [0.29, 0.717) is 25.2 Å². The van der Waals surface area contributed by atoms with Gasteiger partial charge in [0.15, 0.2) is 5.82 Å². The number of anilines is 1. The standard InChI is InChI=1S/C15H17FN6O/c16-11-4-3-10-5-8-22(12(10)9-11)19-14(23)15(6-1-2-7-15)13-17-20-21-18-13/h3-4,9H,1-2,5-8H2,(H,19,23)(H,17,18,20,21). The highest BCUT2D eigenvalue weighted by Gasteiger charge is 2.47. The number of carbonyl (C=O) groups excluding carboxylic acids is 1. The van der Waals surface area contributed by atoms with Gasteiger partial charge in [0, 0.05) is 6.54 Å². The van der Waals surface area contributed by atoms with Gasteiger partial charge in [-0.05, 0) is 37.0 Å². The Bertz CT molecular complexity index is 726. The van der Waals surface area contributed by atoms with Gasteiger partial charge in [-0.15, -0.1) is 10.2 Å². The van der Waals surface area contributed by atoms with E-state index in [1.807, 2.05) is 0 Å². The van der Waals surface area contributed by atoms with E-state index in [4.69, 9.17) is 0 Å². The van der Waals surface area contributed by atoms with E-state index < -0.39 is 5.41 Å². The molecule has 2 aliphatic rings. The number of benzene rings is 1. The van der Waals surface area contributed by atoms with E-state index >= 15 is 0 Å². The Morgan fingerprint density at radius 2 is 2.17 bits per heavy atom. The summed E-state index contributed by atoms with van der Waals surface area (Å²) in [6.07, 6.45) is 4.08. The van der Waals surface area contributed by atoms with Gasteiger partial charge in [0.1, 0.15) is 11.2 Å². The minimum absolute atomic E-state index is 0.145. The van der Waals surface area contributed by atoms with Gasteiger partial charge < -0.3 is 0 Å². The lowest BCUT2D eigenvalue weighted by Crippen LogP contribution is -2.51. The van der Waals surface area contributed by atoms with Crippen molar-refractivity contribution >= 4 is 11.6 Å². The van der Waals surface area contributed by atoms with Crippen LogP contribution in [0.5, 0.6) is 0 Å². The van der Waals surface area contributed by atoms with Crippen molar-refractivity contribution in [2.45, 2.75) is 37.5 Å². The van der Waals surface area contributed by atoms with Crippen LogP contribution in [0, 0.1) is 5.82 Å². The average molecular weight is 316 g/mol. The number of hydrazine groups is 1. The second-order valence-corrected chi connectivity index (χ2v) is 6.14. The van der Waals surface area contributed by atoms with E-state index in [0.717, 1.165) is 30.5 Å². The number of carbonyl (C=O) groups is 1. The molecule has 1 aliphatic carbocycles. The highest BCUT2D eigenvalue weighted by atomic mass is 19.1. The fourth-order valence-corrected chi connectivity index (χ4v) is 3.59. The van der Waals surface area contributed by atoms with Crippen LogP contribution < -0.4 is 10.4 Å². The first kappa shape index (κ1) is 14.1. The van der Waals surface area contributed by atoms with Crippen LogP contribution in [-0.4, -0.2) is 33.1 Å². The maximum absolute atomic E-state index is 13.5. The Labute approximate surface area is 132 Å². The van der Waals surface area contributed by atoms with Gasteiger partial charge in [-0.2, -0.15) is 5.21 Å². The molecule has 0 saturated heterocycles. The normalized spacial score (nSPS) is 18.9. The maximum Gasteiger partial charge on any atom is 0.252 e. The lowest BCUT2D eigenvalue weighted by Gasteiger charge is -2.28. The Hall–Kier alpha value is -2.51. The number of nitrogens with one attached hydrogen (secondary N) is 2. The molecule has 4 rings (SSSR count). The number of hydrogen-bond acceptors (Lipinski definition) is 5. The third-order valence-electron chi connectivity index (χ3n) is 4.84. The van der Waals surface area contributed by atoms with E-state index in [-0.39, 0.29) is 11.7 Å². The molecule has 2 heterocycles. The molecule has 1 saturated carbocycles. The number of fused-ring (bicyclic) bond motifs is 1. The third-order valence-corrected chi connectivity index (χ3v) is 4.84. The molecule has 23 heavy (non-hydrogen) atoms. The molecule has 120 valence electrons. The van der Waals surface area contributed by atoms with Crippen LogP contribution in [0.3, 0.4) is 0 Å². The van der Waals surface area contributed by atoms with E-state index in [9.17, 15) is 9.18 Å². The van der Waals surface area contributed by atoms with E-state index in [1.54, 1.807) is 11.1 Å². The molecule has 1 aromatic carbocycles. The number of hydrogen-bond donors (Lipinski definition) is 2. The largest absolute Gasteiger partial charge is 0.285 e. The number of aromatic amines is 1. The van der Waals surface area contributed by atoms with Crippen LogP contribution in [0.1, 0.15) is 37.1 Å². The van der Waals surface area contributed by atoms with E-state index in [2.05, 4.69) is 26.0 Å². The van der Waals surface area contributed by atoms with E-state index in [1.165, 1.54) is 12.1 Å². The summed E-state index contributed by atoms with van der Waals surface area (Å²) in [5.41, 5.74) is 3.95. The van der Waals surface area contributed by atoms with Crippen molar-refractivity contribution in [2.75, 3.05) is 11.6 Å². The molecule has 1 fully saturated rings. The fraction of sp³-hybridized carbons (Fsp3) is 0.467. The summed E-state index contributed by atoms with van der Waals surface area (Å²) >= 11 is 0. The molecule has 0 bridgehead atoms. The lowest BCUT2D eigenvalue weighted by molar-refractivity contribution is -0.127. The van der Waals surface area contributed by atoms with Crippen LogP contribution in [0.4, 0.5) is 10.1 Å². The Balaban J connectivity index is 1.60. The fourth-order valence-electron chi connectivity index (χ4n) is 3.59. The first-order chi connectivity index (χ1) is 11.2. The predicted octanol–water partition coefficient (Wildman–Crippen LogP) is 1.24. The number of aromatic nitrogens is 4. The van der Waals surface area contributed by atoms with Crippen molar-refractivity contribution < 1.29 is 9.18 Å². The van der Waals surface area contributed by atoms with Gasteiger partial charge in [0.25, 0.3) is 5.91 Å². The van der Waals surface area contributed by atoms with Gasteiger partial charge >= 0.3 is 0 Å². The first-order valence-electron chi connectivity index (χ1n) is 7.80. The number of tetrazole rings is 1. The molecule has 2 N–H and O–H groups in total. The van der Waals surface area contributed by atoms with Crippen molar-refractivity contribution in [1.29, 1.82) is 0 Å². The summed E-state index contributed by atoms with van der Waals surface area (Å²) in [7, 11) is 0. The smallest absolute Gasteiger partial charge is 0.252 e. The number of H-pyrrole nitrogens is 1. The molecule has 0 unspecified atom stereocenters. The van der Waals surface area contributed by atoms with Gasteiger partial charge in [0.2, 0.25) is 0 Å². The number of halogens is 1. The topological polar surface area (TPSA) is 86.8 Å². The Kier molecular flexibility index (Phi) is 3.24. The monoisotopic (exact) mass is 316 g/mol. The van der Waals surface area contributed by atoms with Crippen LogP contribution in [0.2, 0.25) is 0 Å². The van der Waals surface area contributed by atoms with Crippen LogP contribution >= 0.6 is 0 Å². The van der Waals surface area contributed by atoms with Crippen LogP contribution in [0.15, 0.2) is 18.2 Å². The minimum atomic E-state index is -0.747. The van der Waals surface area contributed by atoms with Crippen molar-refractivity contribution in [3.8, 4) is 0 Å². The number of rotatable bonds is 3. The molecule has 0 radical (unpaired) electrons. The van der Waals surface area contributed by atoms with Crippen LogP contribution in [-0.2, 0) is 16.6 Å². The van der Waals surface area contributed by atoms with Gasteiger partial charge in [-0.3, -0.25) is 15.2 Å². The Morgan fingerprint density at radius 3 is 2.91 bits per heavy atom. The number of amides is 1. The first-order valence-corrected chi connectivity index (χ1v) is 7.80. The molecular formula is C15H17FN6O. The average Bonchev–Trinajstić information content (AvgIpc) is 3.28. The van der Waals surface area contributed by atoms with Gasteiger partial charge in [-0.1, -0.05) is 24.1 Å². The zero-order valence-electron chi connectivity index (χ0n) is 12.5. The molecule has 1 aromatic heterocycles. The molecule has 2 aromatic rings. The van der Waals surface area contributed by atoms with Crippen molar-refractivity contribution in [3.05, 3.63) is 35.4 Å². The SMILES string of the molecule is O=C(NN1CCc2ccc(F)cc21)C1(c2nn[nH]n2)CCCC1. The molecule has 7 nitrogen and oxygen atoms in total. The van der Waals surface area contributed by atoms with Gasteiger partial charge in [-0.25, -0.2) is 4.39 Å². The third kappa shape index (κ3) is 2.25. The zero-order chi connectivity index (χ0) is 15.9. The summed E-state index contributed by atoms with van der Waals surface area (Å²) in [5, 5.41) is 15.8. The summed E-state index contributed by atoms with van der Waals surface area (Å²) in [6, 6.07) is 4.67. The van der Waals surface area contributed by atoms with Crippen molar-refractivity contribution in [2.24, 2.45) is 0 Å². The zero-order valence-corrected chi connectivity index (χ0v) is 12.5. The summed E-state index contributed by atoms with van der Waals surface area (Å²) in [4.78, 5) is 12.9. The number of nitrogens with zero attached hydrogens (tertiary/aromatic N) is 4. The van der Waals surface area contributed by atoms with Crippen molar-refractivity contribution in [1.82, 2.24) is 26.0 Å². The minimum Gasteiger partial charge on any atom is -0.285 e. The van der Waals surface area contributed by atoms with Crippen LogP contribution in [0.25, 0.3) is 0 Å². The molecule has 0 spiro atoms. The van der Waals surface area contributed by atoms with Gasteiger partial charge in [0.05, 0.1) is 5.69 Å². The lowest BCUT2D eigenvalue weighted by atomic mass is 9.84. The molecule has 8 heteroatoms. The highest BCUT2D eigenvalue weighted by molar-refractivity contribution is 5.89. The highest BCUT2D eigenvalue weighted by Crippen LogP contribution is 2.40. The summed E-state index contributed by atoms with van der Waals surface area (Å²) in [5.74, 6) is -0.0154. The van der Waals surface area contributed by atoms with Crippen molar-refractivity contribution in [3.63, 3.8) is 0 Å². The molecule has 1 amide bonds. The summed E-state index contributed by atoms with van der Waals surface area (Å²) < 4.78 is 13.5. The molecular weight excluding hydrogens is 299 g/mol. The second-order valence-electron chi connectivity index (χ2n) is 6.14. The maximum atomic E-state index is 13.5. The Morgan fingerprint density at radius 1 is 1.35 bits per heavy atom. The molecule has 1 aliphatic heterocycles.